The van der Waals surface area contributed by atoms with Gasteiger partial charge in [-0.3, -0.25) is 25.8 Å². The largest absolute Gasteiger partial charge is 0.497 e. The molecule has 0 aromatic heterocycles. The van der Waals surface area contributed by atoms with Gasteiger partial charge < -0.3 is 14.2 Å². The molecule has 0 spiro atoms. The predicted octanol–water partition coefficient (Wildman–Crippen LogP) is 2.36. The maximum atomic E-state index is 12.6. The number of rotatable bonds is 8. The highest BCUT2D eigenvalue weighted by molar-refractivity contribution is 9.10. The fraction of sp³-hybridized carbons (Fsp3) is 0.250. The van der Waals surface area contributed by atoms with Gasteiger partial charge in [0.25, 0.3) is 5.91 Å². The van der Waals surface area contributed by atoms with E-state index in [0.29, 0.717) is 29.2 Å². The molecule has 0 atom stereocenters. The number of methoxy groups -OCH3 is 2. The number of nitrogens with one attached hydrogen (secondary N) is 3. The number of benzene rings is 2. The van der Waals surface area contributed by atoms with Crippen LogP contribution in [-0.4, -0.2) is 44.4 Å². The number of hydrogen-bond donors (Lipinski definition) is 3. The number of hydrazine groups is 1. The lowest BCUT2D eigenvalue weighted by Crippen LogP contribution is -2.48. The van der Waals surface area contributed by atoms with Crippen LogP contribution in [0.2, 0.25) is 0 Å². The van der Waals surface area contributed by atoms with Gasteiger partial charge in [-0.15, -0.1) is 0 Å². The van der Waals surface area contributed by atoms with Crippen molar-refractivity contribution in [2.24, 2.45) is 0 Å². The van der Waals surface area contributed by atoms with E-state index < -0.39 is 5.91 Å². The van der Waals surface area contributed by atoms with Crippen molar-refractivity contribution in [3.63, 3.8) is 0 Å². The molecule has 0 unspecified atom stereocenters. The Morgan fingerprint density at radius 1 is 1.03 bits per heavy atom. The lowest BCUT2D eigenvalue weighted by atomic mass is 10.1. The van der Waals surface area contributed by atoms with Crippen LogP contribution in [0.15, 0.2) is 46.9 Å². The van der Waals surface area contributed by atoms with Gasteiger partial charge in [-0.1, -0.05) is 28.1 Å². The Hall–Kier alpha value is -2.69. The number of thiocarbonyl (C=S) groups is 1. The van der Waals surface area contributed by atoms with E-state index in [9.17, 15) is 9.59 Å². The molecule has 0 aliphatic rings. The SMILES string of the molecule is COCCOc1ccc(Br)cc1C(=O)NC(=S)NNC(=O)Cc1ccc(OC)cc1. The van der Waals surface area contributed by atoms with E-state index in [1.807, 2.05) is 0 Å². The summed E-state index contributed by atoms with van der Waals surface area (Å²) < 4.78 is 16.3. The average molecular weight is 496 g/mol. The molecule has 0 aliphatic heterocycles. The molecule has 0 heterocycles. The van der Waals surface area contributed by atoms with E-state index in [1.54, 1.807) is 56.7 Å². The summed E-state index contributed by atoms with van der Waals surface area (Å²) in [5, 5.41) is 2.46. The first-order valence-corrected chi connectivity index (χ1v) is 10.1. The Balaban J connectivity index is 1.87. The van der Waals surface area contributed by atoms with E-state index >= 15 is 0 Å². The zero-order chi connectivity index (χ0) is 21.9. The maximum absolute atomic E-state index is 12.6. The Morgan fingerprint density at radius 3 is 2.43 bits per heavy atom. The third-order valence-corrected chi connectivity index (χ3v) is 4.49. The molecule has 30 heavy (non-hydrogen) atoms. The summed E-state index contributed by atoms with van der Waals surface area (Å²) in [5.41, 5.74) is 6.06. The van der Waals surface area contributed by atoms with Crippen LogP contribution < -0.4 is 25.6 Å². The normalized spacial score (nSPS) is 10.1. The van der Waals surface area contributed by atoms with E-state index in [1.165, 1.54) is 0 Å². The Labute approximate surface area is 188 Å². The van der Waals surface area contributed by atoms with Crippen molar-refractivity contribution in [1.29, 1.82) is 0 Å². The van der Waals surface area contributed by atoms with Crippen LogP contribution in [-0.2, 0) is 16.0 Å². The molecule has 8 nitrogen and oxygen atoms in total. The highest BCUT2D eigenvalue weighted by atomic mass is 79.9. The third-order valence-electron chi connectivity index (χ3n) is 3.80. The molecule has 10 heteroatoms. The van der Waals surface area contributed by atoms with Gasteiger partial charge in [0.05, 0.1) is 25.7 Å². The molecular formula is C20H22BrN3O5S. The molecule has 160 valence electrons. The summed E-state index contributed by atoms with van der Waals surface area (Å²) in [6.45, 7) is 0.680. The molecule has 0 saturated heterocycles. The highest BCUT2D eigenvalue weighted by Crippen LogP contribution is 2.23. The van der Waals surface area contributed by atoms with Crippen molar-refractivity contribution in [1.82, 2.24) is 16.2 Å². The zero-order valence-corrected chi connectivity index (χ0v) is 18.9. The van der Waals surface area contributed by atoms with Crippen LogP contribution in [0.4, 0.5) is 0 Å². The van der Waals surface area contributed by atoms with Crippen molar-refractivity contribution in [3.8, 4) is 11.5 Å². The summed E-state index contributed by atoms with van der Waals surface area (Å²) in [5.74, 6) is 0.298. The molecule has 2 aromatic rings. The predicted molar refractivity (Wildman–Crippen MR) is 120 cm³/mol. The van der Waals surface area contributed by atoms with Gasteiger partial charge in [0, 0.05) is 11.6 Å². The number of hydrogen-bond acceptors (Lipinski definition) is 6. The Bertz CT molecular complexity index is 893. The highest BCUT2D eigenvalue weighted by Gasteiger charge is 2.15. The van der Waals surface area contributed by atoms with Crippen LogP contribution in [0.1, 0.15) is 15.9 Å². The first-order valence-electron chi connectivity index (χ1n) is 8.87. The molecule has 2 aromatic carbocycles. The fourth-order valence-electron chi connectivity index (χ4n) is 2.34. The first-order chi connectivity index (χ1) is 14.4. The molecule has 0 radical (unpaired) electrons. The van der Waals surface area contributed by atoms with Crippen LogP contribution in [0.5, 0.6) is 11.5 Å². The lowest BCUT2D eigenvalue weighted by molar-refractivity contribution is -0.121. The Morgan fingerprint density at radius 2 is 1.77 bits per heavy atom. The van der Waals surface area contributed by atoms with Gasteiger partial charge in [-0.05, 0) is 48.1 Å². The second kappa shape index (κ2) is 12.1. The third kappa shape index (κ3) is 7.62. The van der Waals surface area contributed by atoms with E-state index in [0.717, 1.165) is 5.56 Å². The lowest BCUT2D eigenvalue weighted by Gasteiger charge is -2.14. The van der Waals surface area contributed by atoms with Crippen molar-refractivity contribution in [2.45, 2.75) is 6.42 Å². The average Bonchev–Trinajstić information content (AvgIpc) is 2.74. The van der Waals surface area contributed by atoms with Gasteiger partial charge in [-0.2, -0.15) is 0 Å². The Kier molecular flexibility index (Phi) is 9.52. The summed E-state index contributed by atoms with van der Waals surface area (Å²) in [7, 11) is 3.13. The van der Waals surface area contributed by atoms with Crippen LogP contribution in [0, 0.1) is 0 Å². The van der Waals surface area contributed by atoms with Crippen molar-refractivity contribution >= 4 is 45.1 Å². The molecule has 2 rings (SSSR count). The summed E-state index contributed by atoms with van der Waals surface area (Å²) in [6.07, 6.45) is 0.136. The topological polar surface area (TPSA) is 97.9 Å². The van der Waals surface area contributed by atoms with Crippen molar-refractivity contribution in [3.05, 3.63) is 58.1 Å². The van der Waals surface area contributed by atoms with Gasteiger partial charge in [0.2, 0.25) is 5.91 Å². The van der Waals surface area contributed by atoms with Crippen LogP contribution in [0.3, 0.4) is 0 Å². The number of carbonyl (C=O) groups is 2. The zero-order valence-electron chi connectivity index (χ0n) is 16.5. The van der Waals surface area contributed by atoms with Crippen LogP contribution >= 0.6 is 28.1 Å². The minimum Gasteiger partial charge on any atom is -0.497 e. The van der Waals surface area contributed by atoms with Crippen molar-refractivity contribution in [2.75, 3.05) is 27.4 Å². The van der Waals surface area contributed by atoms with Gasteiger partial charge >= 0.3 is 0 Å². The molecule has 0 bridgehead atoms. The standard InChI is InChI=1S/C20H22BrN3O5S/c1-27-9-10-29-17-8-5-14(21)12-16(17)19(26)22-20(30)24-23-18(25)11-13-3-6-15(28-2)7-4-13/h3-8,12H,9-11H2,1-2H3,(H,23,25)(H2,22,24,26,30). The van der Waals surface area contributed by atoms with E-state index in [2.05, 4.69) is 32.1 Å². The minimum atomic E-state index is -0.481. The first kappa shape index (κ1) is 23.6. The smallest absolute Gasteiger partial charge is 0.261 e. The number of amides is 2. The number of ether oxygens (including phenoxy) is 3. The number of carbonyl (C=O) groups excluding carboxylic acids is 2. The summed E-state index contributed by atoms with van der Waals surface area (Å²) >= 11 is 8.41. The molecule has 0 aliphatic carbocycles. The maximum Gasteiger partial charge on any atom is 0.261 e. The van der Waals surface area contributed by atoms with Gasteiger partial charge in [0.15, 0.2) is 5.11 Å². The second-order valence-electron chi connectivity index (χ2n) is 5.96. The molecule has 2 amide bonds. The van der Waals surface area contributed by atoms with E-state index in [4.69, 9.17) is 26.4 Å². The summed E-state index contributed by atoms with van der Waals surface area (Å²) in [6, 6.07) is 12.2. The summed E-state index contributed by atoms with van der Waals surface area (Å²) in [4.78, 5) is 24.6. The monoisotopic (exact) mass is 495 g/mol. The molecule has 0 saturated carbocycles. The molecule has 0 fully saturated rings. The minimum absolute atomic E-state index is 0.0501. The van der Waals surface area contributed by atoms with Crippen molar-refractivity contribution < 1.29 is 23.8 Å². The van der Waals surface area contributed by atoms with Gasteiger partial charge in [-0.25, -0.2) is 0 Å². The van der Waals surface area contributed by atoms with Gasteiger partial charge in [0.1, 0.15) is 18.1 Å². The quantitative estimate of drug-likeness (QED) is 0.293. The number of halogens is 1. The van der Waals surface area contributed by atoms with Crippen LogP contribution in [0.25, 0.3) is 0 Å². The molecular weight excluding hydrogens is 474 g/mol. The molecule has 3 N–H and O–H groups in total. The fourth-order valence-corrected chi connectivity index (χ4v) is 2.85. The second-order valence-corrected chi connectivity index (χ2v) is 7.29. The van der Waals surface area contributed by atoms with E-state index in [-0.39, 0.29) is 23.0 Å².